The number of ether oxygens (including phenoxy) is 2. The van der Waals surface area contributed by atoms with Crippen molar-refractivity contribution in [3.05, 3.63) is 126 Å². The number of nitrogens with one attached hydrogen (secondary N) is 1. The molecule has 1 amide bonds. The number of pyridine rings is 1. The highest BCUT2D eigenvalue weighted by molar-refractivity contribution is 7.74. The molecular weight excluding hydrogens is 729 g/mol. The van der Waals surface area contributed by atoms with Crippen molar-refractivity contribution in [2.75, 3.05) is 22.7 Å². The van der Waals surface area contributed by atoms with Gasteiger partial charge in [-0.3, -0.25) is 4.31 Å². The van der Waals surface area contributed by atoms with E-state index in [9.17, 15) is 17.6 Å². The van der Waals surface area contributed by atoms with Gasteiger partial charge < -0.3 is 19.7 Å². The Kier molecular flexibility index (Phi) is 10.9. The highest BCUT2D eigenvalue weighted by Gasteiger charge is 2.42. The molecule has 0 radical (unpaired) electrons. The molecule has 3 atom stereocenters. The number of aromatic nitrogens is 3. The molecule has 1 aliphatic heterocycles. The number of anilines is 2. The van der Waals surface area contributed by atoms with Crippen LogP contribution in [0.1, 0.15) is 30.4 Å². The van der Waals surface area contributed by atoms with Crippen LogP contribution in [-0.2, 0) is 28.6 Å². The molecule has 2 fully saturated rings. The van der Waals surface area contributed by atoms with E-state index in [0.29, 0.717) is 25.1 Å². The van der Waals surface area contributed by atoms with E-state index < -0.39 is 52.1 Å². The minimum absolute atomic E-state index is 0.106. The van der Waals surface area contributed by atoms with Gasteiger partial charge in [0.15, 0.2) is 17.4 Å². The van der Waals surface area contributed by atoms with Crippen LogP contribution in [0.25, 0.3) is 11.3 Å². The summed E-state index contributed by atoms with van der Waals surface area (Å²) in [6, 6.07) is 20.1. The van der Waals surface area contributed by atoms with Gasteiger partial charge in [-0.2, -0.15) is 4.39 Å². The summed E-state index contributed by atoms with van der Waals surface area (Å²) in [4.78, 5) is 27.7. The number of thiol groups is 1. The molecule has 7 rings (SSSR count). The first-order chi connectivity index (χ1) is 26.1. The van der Waals surface area contributed by atoms with Gasteiger partial charge >= 0.3 is 6.09 Å². The summed E-state index contributed by atoms with van der Waals surface area (Å²) in [6.45, 7) is 0.142. The van der Waals surface area contributed by atoms with Crippen LogP contribution in [0.5, 0.6) is 11.6 Å². The lowest BCUT2D eigenvalue weighted by Crippen LogP contribution is -2.45. The van der Waals surface area contributed by atoms with Crippen LogP contribution in [0.3, 0.4) is 0 Å². The average molecular weight is 763 g/mol. The van der Waals surface area contributed by atoms with Gasteiger partial charge in [-0.1, -0.05) is 48.5 Å². The number of carbonyl (C=O) groups is 1. The Hall–Kier alpha value is -5.77. The van der Waals surface area contributed by atoms with Crippen molar-refractivity contribution in [1.82, 2.24) is 19.9 Å². The minimum Gasteiger partial charge on any atom is -0.446 e. The third-order valence-electron chi connectivity index (χ3n) is 9.21. The number of nitrogens with zero attached hydrogens (tertiary/aromatic N) is 5. The lowest BCUT2D eigenvalue weighted by atomic mass is 10.1. The Morgan fingerprint density at radius 3 is 2.52 bits per heavy atom. The molecule has 0 spiro atoms. The van der Waals surface area contributed by atoms with Crippen molar-refractivity contribution >= 4 is 28.6 Å². The molecule has 3 aromatic carbocycles. The topological polar surface area (TPSA) is 127 Å². The molecule has 2 aliphatic rings. The summed E-state index contributed by atoms with van der Waals surface area (Å²) in [5.41, 5.74) is 0.291. The van der Waals surface area contributed by atoms with Gasteiger partial charge in [-0.25, -0.2) is 41.3 Å². The Bertz CT molecular complexity index is 2220. The fraction of sp³-hybridized carbons (Fsp3) is 0.263. The maximum Gasteiger partial charge on any atom is 0.410 e. The second kappa shape index (κ2) is 16.1. The van der Waals surface area contributed by atoms with Gasteiger partial charge in [0.05, 0.1) is 17.8 Å². The third kappa shape index (κ3) is 8.38. The summed E-state index contributed by atoms with van der Waals surface area (Å²) >= 11 is 0. The van der Waals surface area contributed by atoms with E-state index in [0.717, 1.165) is 31.7 Å². The number of halogens is 4. The number of amides is 1. The van der Waals surface area contributed by atoms with Crippen LogP contribution < -0.4 is 14.4 Å². The van der Waals surface area contributed by atoms with Crippen LogP contribution in [0, 0.1) is 29.2 Å². The molecule has 3 unspecified atom stereocenters. The van der Waals surface area contributed by atoms with Gasteiger partial charge in [-0.15, -0.1) is 0 Å². The zero-order valence-electron chi connectivity index (χ0n) is 28.6. The van der Waals surface area contributed by atoms with Crippen LogP contribution in [0.15, 0.2) is 91.3 Å². The maximum atomic E-state index is 15.4. The Labute approximate surface area is 309 Å². The number of likely N-dealkylation sites (tertiary alicyclic amines) is 1. The largest absolute Gasteiger partial charge is 0.446 e. The molecule has 16 heteroatoms. The van der Waals surface area contributed by atoms with E-state index in [1.807, 2.05) is 18.2 Å². The predicted molar refractivity (Wildman–Crippen MR) is 191 cm³/mol. The number of piperidine rings is 1. The van der Waals surface area contributed by atoms with Gasteiger partial charge in [0.2, 0.25) is 28.5 Å². The van der Waals surface area contributed by atoms with E-state index >= 15 is 13.2 Å². The first-order valence-corrected chi connectivity index (χ1v) is 18.3. The SMILES string of the molecule is O=C(OC1CC1Cc1ccccc1)N1CCCC(Nc2nccc(-c3cccnc3Oc3cc(F)c(N(Cc4ccccc4F)[SH](=O)=O)c(F)c3F)n2)C1. The van der Waals surface area contributed by atoms with Gasteiger partial charge in [0.1, 0.15) is 17.6 Å². The summed E-state index contributed by atoms with van der Waals surface area (Å²) in [6.07, 6.45) is 5.48. The first-order valence-electron chi connectivity index (χ1n) is 17.2. The van der Waals surface area contributed by atoms with Crippen molar-refractivity contribution in [3.63, 3.8) is 0 Å². The quantitative estimate of drug-likeness (QED) is 0.0781. The van der Waals surface area contributed by atoms with Crippen molar-refractivity contribution in [1.29, 1.82) is 0 Å². The van der Waals surface area contributed by atoms with Gasteiger partial charge in [0, 0.05) is 49.1 Å². The molecule has 280 valence electrons. The van der Waals surface area contributed by atoms with E-state index in [4.69, 9.17) is 9.47 Å². The summed E-state index contributed by atoms with van der Waals surface area (Å²) in [5.74, 6) is -6.49. The fourth-order valence-electron chi connectivity index (χ4n) is 6.37. The van der Waals surface area contributed by atoms with E-state index in [1.54, 1.807) is 17.0 Å². The Balaban J connectivity index is 1.03. The number of carbonyl (C=O) groups excluding carboxylic acids is 1. The number of benzene rings is 3. The van der Waals surface area contributed by atoms with Crippen molar-refractivity contribution in [2.45, 2.75) is 44.4 Å². The highest BCUT2D eigenvalue weighted by atomic mass is 32.2. The molecule has 1 saturated carbocycles. The highest BCUT2D eigenvalue weighted by Crippen LogP contribution is 2.39. The second-order valence-electron chi connectivity index (χ2n) is 13.0. The molecule has 11 nitrogen and oxygen atoms in total. The van der Waals surface area contributed by atoms with E-state index in [2.05, 4.69) is 32.4 Å². The zero-order chi connectivity index (χ0) is 37.8. The standard InChI is InChI=1S/C38H34F4N6O5S/c39-28-13-5-4-10-24(28)21-48(54(50)51)35-29(40)20-32(33(41)34(35)42)52-36-27(12-6-15-43-36)30-14-16-44-37(46-30)45-26-11-7-17-47(22-26)38(49)53-31-19-25(31)18-23-8-2-1-3-9-23/h1-6,8-10,12-16,20,25-26,31,54H,7,11,17-19,21-22H2,(H,44,45,46). The summed E-state index contributed by atoms with van der Waals surface area (Å²) in [5, 5.41) is 3.26. The van der Waals surface area contributed by atoms with Gasteiger partial charge in [0.25, 0.3) is 0 Å². The van der Waals surface area contributed by atoms with Crippen LogP contribution in [0.2, 0.25) is 0 Å². The molecule has 3 heterocycles. The molecular formula is C38H34F4N6O5S. The normalized spacial score (nSPS) is 17.9. The third-order valence-corrected chi connectivity index (χ3v) is 9.94. The number of rotatable bonds is 12. The van der Waals surface area contributed by atoms with Crippen molar-refractivity contribution in [2.24, 2.45) is 5.92 Å². The minimum atomic E-state index is -3.72. The molecule has 5 aromatic rings. The lowest BCUT2D eigenvalue weighted by Gasteiger charge is -2.32. The predicted octanol–water partition coefficient (Wildman–Crippen LogP) is 7.06. The first kappa shape index (κ1) is 36.6. The molecule has 0 bridgehead atoms. The van der Waals surface area contributed by atoms with Crippen LogP contribution in [0.4, 0.5) is 34.0 Å². The molecule has 1 aliphatic carbocycles. The Morgan fingerprint density at radius 1 is 0.926 bits per heavy atom. The summed E-state index contributed by atoms with van der Waals surface area (Å²) in [7, 11) is -3.72. The monoisotopic (exact) mass is 762 g/mol. The van der Waals surface area contributed by atoms with Crippen molar-refractivity contribution in [3.8, 4) is 22.9 Å². The molecule has 1 N–H and O–H groups in total. The number of hydrogen-bond acceptors (Lipinski definition) is 9. The fourth-order valence-corrected chi connectivity index (χ4v) is 6.99. The zero-order valence-corrected chi connectivity index (χ0v) is 29.5. The lowest BCUT2D eigenvalue weighted by molar-refractivity contribution is 0.0829. The maximum absolute atomic E-state index is 15.4. The van der Waals surface area contributed by atoms with Crippen LogP contribution in [-0.4, -0.2) is 59.6 Å². The second-order valence-corrected chi connectivity index (χ2v) is 13.9. The molecule has 1 saturated heterocycles. The van der Waals surface area contributed by atoms with Gasteiger partial charge in [-0.05, 0) is 55.5 Å². The molecule has 54 heavy (non-hydrogen) atoms. The van der Waals surface area contributed by atoms with Crippen LogP contribution >= 0.6 is 0 Å². The van der Waals surface area contributed by atoms with Crippen molar-refractivity contribution < 1.29 is 40.2 Å². The van der Waals surface area contributed by atoms with E-state index in [-0.39, 0.29) is 51.2 Å². The van der Waals surface area contributed by atoms with E-state index in [1.165, 1.54) is 42.2 Å². The average Bonchev–Trinajstić information content (AvgIpc) is 3.91. The molecule has 2 aromatic heterocycles. The smallest absolute Gasteiger partial charge is 0.410 e. The Morgan fingerprint density at radius 2 is 1.72 bits per heavy atom. The summed E-state index contributed by atoms with van der Waals surface area (Å²) < 4.78 is 96.0. The number of hydrogen-bond donors (Lipinski definition) is 2.